The van der Waals surface area contributed by atoms with E-state index in [0.717, 1.165) is 56.7 Å². The third kappa shape index (κ3) is 7.34. The lowest BCUT2D eigenvalue weighted by molar-refractivity contribution is -0.135. The van der Waals surface area contributed by atoms with Crippen LogP contribution in [0.25, 0.3) is 0 Å². The lowest BCUT2D eigenvalue weighted by Gasteiger charge is -2.39. The molecule has 0 aromatic carbocycles. The number of hydrogen-bond donors (Lipinski definition) is 1. The van der Waals surface area contributed by atoms with Crippen LogP contribution in [0.3, 0.4) is 0 Å². The molecule has 8 nitrogen and oxygen atoms in total. The number of aromatic nitrogens is 1. The van der Waals surface area contributed by atoms with Gasteiger partial charge in [-0.15, -0.1) is 24.0 Å². The van der Waals surface area contributed by atoms with Gasteiger partial charge < -0.3 is 19.6 Å². The average molecular weight is 546 g/mol. The van der Waals surface area contributed by atoms with E-state index in [9.17, 15) is 4.79 Å². The summed E-state index contributed by atoms with van der Waals surface area (Å²) in [4.78, 5) is 23.7. The molecule has 1 aromatic rings. The molecule has 3 heterocycles. The minimum Gasteiger partial charge on any atom is -0.359 e. The normalized spacial score (nSPS) is 23.1. The van der Waals surface area contributed by atoms with Gasteiger partial charge in [0, 0.05) is 52.4 Å². The predicted octanol–water partition coefficient (Wildman–Crippen LogP) is 2.61. The van der Waals surface area contributed by atoms with Gasteiger partial charge in [-0.25, -0.2) is 0 Å². The Bertz CT molecular complexity index is 719. The second-order valence-corrected chi connectivity index (χ2v) is 9.28. The van der Waals surface area contributed by atoms with Crippen LogP contribution in [-0.2, 0) is 11.3 Å². The molecular formula is C22H39IN6O2. The summed E-state index contributed by atoms with van der Waals surface area (Å²) in [5, 5.41) is 7.48. The number of carbonyl (C=O) groups is 1. The third-order valence-corrected chi connectivity index (χ3v) is 6.05. The number of nitrogens with zero attached hydrogens (tertiary/aromatic N) is 5. The Morgan fingerprint density at radius 1 is 1.19 bits per heavy atom. The van der Waals surface area contributed by atoms with E-state index in [4.69, 9.17) is 4.52 Å². The quantitative estimate of drug-likeness (QED) is 0.348. The Morgan fingerprint density at radius 3 is 2.39 bits per heavy atom. The van der Waals surface area contributed by atoms with Gasteiger partial charge >= 0.3 is 0 Å². The Labute approximate surface area is 203 Å². The van der Waals surface area contributed by atoms with Crippen LogP contribution >= 0.6 is 24.0 Å². The van der Waals surface area contributed by atoms with Crippen LogP contribution in [0.5, 0.6) is 0 Å². The lowest BCUT2D eigenvalue weighted by atomic mass is 9.92. The summed E-state index contributed by atoms with van der Waals surface area (Å²) < 4.78 is 5.41. The van der Waals surface area contributed by atoms with Crippen LogP contribution < -0.4 is 5.32 Å². The number of piperidine rings is 1. The van der Waals surface area contributed by atoms with Crippen molar-refractivity contribution >= 4 is 35.8 Å². The maximum absolute atomic E-state index is 12.8. The molecule has 2 unspecified atom stereocenters. The van der Waals surface area contributed by atoms with Gasteiger partial charge in [-0.05, 0) is 24.2 Å². The molecule has 0 radical (unpaired) electrons. The molecule has 0 aliphatic carbocycles. The summed E-state index contributed by atoms with van der Waals surface area (Å²) in [5.41, 5.74) is 0.970. The fourth-order valence-corrected chi connectivity index (χ4v) is 4.46. The smallest absolute Gasteiger partial charge is 0.236 e. The average Bonchev–Trinajstić information content (AvgIpc) is 3.18. The molecule has 0 spiro atoms. The first-order chi connectivity index (χ1) is 14.4. The van der Waals surface area contributed by atoms with E-state index in [2.05, 4.69) is 57.9 Å². The molecule has 2 aliphatic heterocycles. The zero-order valence-electron chi connectivity index (χ0n) is 19.6. The molecule has 2 atom stereocenters. The fourth-order valence-electron chi connectivity index (χ4n) is 4.46. The van der Waals surface area contributed by atoms with E-state index in [1.165, 1.54) is 6.42 Å². The second-order valence-electron chi connectivity index (χ2n) is 9.28. The summed E-state index contributed by atoms with van der Waals surface area (Å²) in [6.45, 7) is 15.0. The van der Waals surface area contributed by atoms with Crippen LogP contribution in [0.15, 0.2) is 15.6 Å². The topological polar surface area (TPSA) is 77.2 Å². The summed E-state index contributed by atoms with van der Waals surface area (Å²) >= 11 is 0. The molecule has 0 bridgehead atoms. The van der Waals surface area contributed by atoms with Gasteiger partial charge in [-0.3, -0.25) is 14.7 Å². The van der Waals surface area contributed by atoms with E-state index >= 15 is 0 Å². The first-order valence-electron chi connectivity index (χ1n) is 11.3. The fraction of sp³-hybridized carbons (Fsp3) is 0.773. The summed E-state index contributed by atoms with van der Waals surface area (Å²) in [6, 6.07) is 2.00. The van der Waals surface area contributed by atoms with Crippen molar-refractivity contribution < 1.29 is 9.32 Å². The Balaban J connectivity index is 0.00000341. The SMILES string of the molecule is CN=C(NCc1cc(C(C)C)no1)N1CCN(CC(=O)N2CC(C)CC(C)C2)CC1.I. The minimum atomic E-state index is 0. The molecule has 2 fully saturated rings. The number of amides is 1. The van der Waals surface area contributed by atoms with Crippen LogP contribution in [0.1, 0.15) is 51.5 Å². The van der Waals surface area contributed by atoms with Gasteiger partial charge in [0.1, 0.15) is 0 Å². The van der Waals surface area contributed by atoms with Gasteiger partial charge in [0.15, 0.2) is 11.7 Å². The molecule has 9 heteroatoms. The van der Waals surface area contributed by atoms with Gasteiger partial charge in [0.25, 0.3) is 0 Å². The zero-order valence-corrected chi connectivity index (χ0v) is 22.0. The number of aliphatic imine (C=N–C) groups is 1. The number of hydrogen-bond acceptors (Lipinski definition) is 5. The van der Waals surface area contributed by atoms with Crippen molar-refractivity contribution in [3.63, 3.8) is 0 Å². The van der Waals surface area contributed by atoms with Crippen molar-refractivity contribution in [1.82, 2.24) is 25.2 Å². The van der Waals surface area contributed by atoms with Crippen molar-refractivity contribution in [3.05, 3.63) is 17.5 Å². The van der Waals surface area contributed by atoms with Crippen LogP contribution in [0.4, 0.5) is 0 Å². The molecule has 3 rings (SSSR count). The molecule has 0 saturated carbocycles. The molecule has 2 aliphatic rings. The van der Waals surface area contributed by atoms with Crippen LogP contribution in [0.2, 0.25) is 0 Å². The standard InChI is InChI=1S/C22H38N6O2.HI/c1-16(2)20-11-19(30-25-20)12-24-22(23-5)27-8-6-26(7-9-27)15-21(29)28-13-17(3)10-18(4)14-28;/h11,16-18H,6-10,12-15H2,1-5H3,(H,23,24);1H. The number of likely N-dealkylation sites (tertiary alicyclic amines) is 1. The van der Waals surface area contributed by atoms with Crippen molar-refractivity contribution in [1.29, 1.82) is 0 Å². The number of guanidine groups is 1. The third-order valence-electron chi connectivity index (χ3n) is 6.05. The summed E-state index contributed by atoms with van der Waals surface area (Å²) in [7, 11) is 1.80. The Kier molecular flexibility index (Phi) is 10.1. The molecule has 2 saturated heterocycles. The van der Waals surface area contributed by atoms with Crippen molar-refractivity contribution in [2.24, 2.45) is 16.8 Å². The molecular weight excluding hydrogens is 507 g/mol. The van der Waals surface area contributed by atoms with E-state index in [1.54, 1.807) is 7.05 Å². The van der Waals surface area contributed by atoms with E-state index < -0.39 is 0 Å². The predicted molar refractivity (Wildman–Crippen MR) is 134 cm³/mol. The highest BCUT2D eigenvalue weighted by Gasteiger charge is 2.28. The maximum atomic E-state index is 12.8. The van der Waals surface area contributed by atoms with Crippen LogP contribution in [0, 0.1) is 11.8 Å². The second kappa shape index (κ2) is 12.0. The summed E-state index contributed by atoms with van der Waals surface area (Å²) in [5.74, 6) is 3.51. The van der Waals surface area contributed by atoms with Crippen LogP contribution in [-0.4, -0.2) is 84.6 Å². The highest BCUT2D eigenvalue weighted by Crippen LogP contribution is 2.21. The first-order valence-corrected chi connectivity index (χ1v) is 11.3. The Morgan fingerprint density at radius 2 is 1.84 bits per heavy atom. The molecule has 176 valence electrons. The number of nitrogens with one attached hydrogen (secondary N) is 1. The largest absolute Gasteiger partial charge is 0.359 e. The molecule has 1 amide bonds. The van der Waals surface area contributed by atoms with E-state index in [1.807, 2.05) is 6.07 Å². The highest BCUT2D eigenvalue weighted by atomic mass is 127. The first kappa shape index (κ1) is 25.9. The van der Waals surface area contributed by atoms with Gasteiger partial charge in [0.2, 0.25) is 5.91 Å². The number of carbonyl (C=O) groups excluding carboxylic acids is 1. The lowest BCUT2D eigenvalue weighted by Crippen LogP contribution is -2.55. The number of rotatable bonds is 5. The van der Waals surface area contributed by atoms with Crippen molar-refractivity contribution in [3.8, 4) is 0 Å². The zero-order chi connectivity index (χ0) is 21.7. The van der Waals surface area contributed by atoms with E-state index in [0.29, 0.717) is 30.8 Å². The highest BCUT2D eigenvalue weighted by molar-refractivity contribution is 14.0. The van der Waals surface area contributed by atoms with Gasteiger partial charge in [0.05, 0.1) is 18.8 Å². The van der Waals surface area contributed by atoms with Gasteiger partial charge in [-0.1, -0.05) is 32.9 Å². The number of halogens is 1. The minimum absolute atomic E-state index is 0. The molecule has 31 heavy (non-hydrogen) atoms. The molecule has 1 N–H and O–H groups in total. The number of piperazine rings is 1. The van der Waals surface area contributed by atoms with Crippen molar-refractivity contribution in [2.45, 2.75) is 46.6 Å². The monoisotopic (exact) mass is 546 g/mol. The van der Waals surface area contributed by atoms with Gasteiger partial charge in [-0.2, -0.15) is 0 Å². The van der Waals surface area contributed by atoms with E-state index in [-0.39, 0.29) is 29.9 Å². The summed E-state index contributed by atoms with van der Waals surface area (Å²) in [6.07, 6.45) is 1.22. The molecule has 1 aromatic heterocycles. The Hall–Kier alpha value is -1.36. The van der Waals surface area contributed by atoms with Crippen molar-refractivity contribution in [2.75, 3.05) is 52.9 Å². The maximum Gasteiger partial charge on any atom is 0.236 e.